The number of aromatic nitrogens is 2. The Morgan fingerprint density at radius 3 is 2.28 bits per heavy atom. The lowest BCUT2D eigenvalue weighted by Crippen LogP contribution is -2.19. The van der Waals surface area contributed by atoms with Crippen LogP contribution in [0.4, 0.5) is 0 Å². The molecule has 3 nitrogen and oxygen atoms in total. The van der Waals surface area contributed by atoms with Crippen LogP contribution in [0.25, 0.3) is 0 Å². The molecular weight excluding hydrogens is 222 g/mol. The Kier molecular flexibility index (Phi) is 3.53. The summed E-state index contributed by atoms with van der Waals surface area (Å²) in [6, 6.07) is 8.44. The van der Waals surface area contributed by atoms with Crippen molar-refractivity contribution < 1.29 is 0 Å². The summed E-state index contributed by atoms with van der Waals surface area (Å²) >= 11 is 0. The van der Waals surface area contributed by atoms with Gasteiger partial charge in [-0.1, -0.05) is 45.0 Å². The number of hydrogen-bond acceptors (Lipinski definition) is 2. The quantitative estimate of drug-likeness (QED) is 0.900. The van der Waals surface area contributed by atoms with E-state index in [-0.39, 0.29) is 5.41 Å². The highest BCUT2D eigenvalue weighted by Crippen LogP contribution is 2.21. The minimum atomic E-state index is 0.0701. The van der Waals surface area contributed by atoms with E-state index in [1.54, 1.807) is 0 Å². The zero-order valence-corrected chi connectivity index (χ0v) is 11.4. The predicted molar refractivity (Wildman–Crippen MR) is 74.4 cm³/mol. The van der Waals surface area contributed by atoms with Gasteiger partial charge in [0, 0.05) is 30.9 Å². The molecule has 0 saturated heterocycles. The van der Waals surface area contributed by atoms with Gasteiger partial charge in [-0.2, -0.15) is 0 Å². The predicted octanol–water partition coefficient (Wildman–Crippen LogP) is 2.69. The van der Waals surface area contributed by atoms with E-state index in [0.29, 0.717) is 6.54 Å². The minimum Gasteiger partial charge on any atom is -0.330 e. The molecule has 0 unspecified atom stereocenters. The van der Waals surface area contributed by atoms with Crippen molar-refractivity contribution in [3.8, 4) is 0 Å². The minimum absolute atomic E-state index is 0.0701. The Labute approximate surface area is 109 Å². The maximum absolute atomic E-state index is 5.60. The van der Waals surface area contributed by atoms with Crippen molar-refractivity contribution in [3.05, 3.63) is 53.6 Å². The third-order valence-electron chi connectivity index (χ3n) is 3.00. The van der Waals surface area contributed by atoms with Gasteiger partial charge in [-0.05, 0) is 11.1 Å². The summed E-state index contributed by atoms with van der Waals surface area (Å²) in [7, 11) is 0. The number of benzene rings is 1. The molecule has 2 aromatic rings. The van der Waals surface area contributed by atoms with Gasteiger partial charge in [0.2, 0.25) is 0 Å². The molecular formula is C15H21N3. The largest absolute Gasteiger partial charge is 0.330 e. The van der Waals surface area contributed by atoms with Crippen LogP contribution in [0.5, 0.6) is 0 Å². The molecule has 0 amide bonds. The molecule has 3 heteroatoms. The molecule has 1 heterocycles. The molecule has 2 N–H and O–H groups in total. The van der Waals surface area contributed by atoms with Gasteiger partial charge in [-0.15, -0.1) is 0 Å². The topological polar surface area (TPSA) is 43.8 Å². The summed E-state index contributed by atoms with van der Waals surface area (Å²) in [5.41, 5.74) is 8.11. The first-order valence-corrected chi connectivity index (χ1v) is 6.30. The lowest BCUT2D eigenvalue weighted by molar-refractivity contribution is 0.511. The molecule has 0 fully saturated rings. The molecule has 1 aromatic carbocycles. The normalized spacial score (nSPS) is 11.8. The molecule has 0 aliphatic carbocycles. The van der Waals surface area contributed by atoms with Gasteiger partial charge in [-0.25, -0.2) is 4.98 Å². The van der Waals surface area contributed by atoms with Crippen LogP contribution < -0.4 is 5.73 Å². The number of hydrogen-bond donors (Lipinski definition) is 1. The van der Waals surface area contributed by atoms with E-state index in [0.717, 1.165) is 12.4 Å². The van der Waals surface area contributed by atoms with Crippen LogP contribution in [0.1, 0.15) is 37.7 Å². The zero-order chi connectivity index (χ0) is 13.2. The number of nitrogens with zero attached hydrogens (tertiary/aromatic N) is 2. The molecule has 0 radical (unpaired) electrons. The van der Waals surface area contributed by atoms with Crippen LogP contribution in [0.3, 0.4) is 0 Å². The number of rotatable bonds is 3. The van der Waals surface area contributed by atoms with E-state index in [1.807, 2.05) is 12.4 Å². The average Bonchev–Trinajstić information content (AvgIpc) is 2.78. The molecule has 0 saturated carbocycles. The second-order valence-electron chi connectivity index (χ2n) is 5.65. The SMILES string of the molecule is CC(C)(C)c1nccn1Cc1ccc(CN)cc1. The molecule has 0 aliphatic heterocycles. The lowest BCUT2D eigenvalue weighted by atomic mass is 9.95. The van der Waals surface area contributed by atoms with Crippen LogP contribution in [-0.2, 0) is 18.5 Å². The molecule has 0 atom stereocenters. The van der Waals surface area contributed by atoms with Gasteiger partial charge in [0.1, 0.15) is 5.82 Å². The highest BCUT2D eigenvalue weighted by atomic mass is 15.1. The Morgan fingerprint density at radius 1 is 1.11 bits per heavy atom. The van der Waals surface area contributed by atoms with Crippen LogP contribution >= 0.6 is 0 Å². The van der Waals surface area contributed by atoms with Crippen molar-refractivity contribution in [2.24, 2.45) is 5.73 Å². The second kappa shape index (κ2) is 4.94. The molecule has 0 bridgehead atoms. The first kappa shape index (κ1) is 12.8. The van der Waals surface area contributed by atoms with E-state index >= 15 is 0 Å². The van der Waals surface area contributed by atoms with E-state index < -0.39 is 0 Å². The van der Waals surface area contributed by atoms with E-state index in [2.05, 4.69) is 54.6 Å². The van der Waals surface area contributed by atoms with Crippen LogP contribution in [0, 0.1) is 0 Å². The van der Waals surface area contributed by atoms with E-state index in [1.165, 1.54) is 11.1 Å². The van der Waals surface area contributed by atoms with Crippen LogP contribution in [0.2, 0.25) is 0 Å². The monoisotopic (exact) mass is 243 g/mol. The Morgan fingerprint density at radius 2 is 1.72 bits per heavy atom. The summed E-state index contributed by atoms with van der Waals surface area (Å²) in [5.74, 6) is 1.12. The average molecular weight is 243 g/mol. The van der Waals surface area contributed by atoms with Crippen molar-refractivity contribution in [1.82, 2.24) is 9.55 Å². The number of nitrogens with two attached hydrogens (primary N) is 1. The van der Waals surface area contributed by atoms with E-state index in [9.17, 15) is 0 Å². The Balaban J connectivity index is 2.21. The maximum atomic E-state index is 5.60. The van der Waals surface area contributed by atoms with Crippen molar-refractivity contribution in [1.29, 1.82) is 0 Å². The van der Waals surface area contributed by atoms with Crippen LogP contribution in [0.15, 0.2) is 36.7 Å². The van der Waals surface area contributed by atoms with Crippen molar-refractivity contribution in [2.75, 3.05) is 0 Å². The lowest BCUT2D eigenvalue weighted by Gasteiger charge is -2.19. The molecule has 1 aromatic heterocycles. The van der Waals surface area contributed by atoms with Crippen LogP contribution in [-0.4, -0.2) is 9.55 Å². The highest BCUT2D eigenvalue weighted by molar-refractivity contribution is 5.23. The first-order chi connectivity index (χ1) is 8.50. The summed E-state index contributed by atoms with van der Waals surface area (Å²) in [6.45, 7) is 8.01. The molecule has 18 heavy (non-hydrogen) atoms. The second-order valence-corrected chi connectivity index (χ2v) is 5.65. The Hall–Kier alpha value is -1.61. The summed E-state index contributed by atoms with van der Waals surface area (Å²) in [6.07, 6.45) is 3.91. The van der Waals surface area contributed by atoms with Gasteiger partial charge in [-0.3, -0.25) is 0 Å². The third kappa shape index (κ3) is 2.79. The zero-order valence-electron chi connectivity index (χ0n) is 11.4. The van der Waals surface area contributed by atoms with Gasteiger partial charge < -0.3 is 10.3 Å². The molecule has 2 rings (SSSR count). The first-order valence-electron chi connectivity index (χ1n) is 6.30. The Bertz CT molecular complexity index is 503. The molecule has 96 valence electrons. The van der Waals surface area contributed by atoms with Crippen molar-refractivity contribution >= 4 is 0 Å². The van der Waals surface area contributed by atoms with Gasteiger partial charge >= 0.3 is 0 Å². The third-order valence-corrected chi connectivity index (χ3v) is 3.00. The van der Waals surface area contributed by atoms with Crippen molar-refractivity contribution in [3.63, 3.8) is 0 Å². The molecule has 0 aliphatic rings. The summed E-state index contributed by atoms with van der Waals surface area (Å²) < 4.78 is 2.21. The fourth-order valence-corrected chi connectivity index (χ4v) is 2.06. The fraction of sp³-hybridized carbons (Fsp3) is 0.400. The van der Waals surface area contributed by atoms with Gasteiger partial charge in [0.05, 0.1) is 0 Å². The molecule has 0 spiro atoms. The van der Waals surface area contributed by atoms with Gasteiger partial charge in [0.15, 0.2) is 0 Å². The highest BCUT2D eigenvalue weighted by Gasteiger charge is 2.19. The maximum Gasteiger partial charge on any atom is 0.114 e. The fourth-order valence-electron chi connectivity index (χ4n) is 2.06. The number of imidazole rings is 1. The summed E-state index contributed by atoms with van der Waals surface area (Å²) in [4.78, 5) is 4.46. The smallest absolute Gasteiger partial charge is 0.114 e. The standard InChI is InChI=1S/C15H21N3/c1-15(2,3)14-17-8-9-18(14)11-13-6-4-12(10-16)5-7-13/h4-9H,10-11,16H2,1-3H3. The van der Waals surface area contributed by atoms with Gasteiger partial charge in [0.25, 0.3) is 0 Å². The summed E-state index contributed by atoms with van der Waals surface area (Å²) in [5, 5.41) is 0. The van der Waals surface area contributed by atoms with Crippen molar-refractivity contribution in [2.45, 2.75) is 39.3 Å². The van der Waals surface area contributed by atoms with E-state index in [4.69, 9.17) is 5.73 Å².